The largest absolute Gasteiger partial charge is 0.481 e. The van der Waals surface area contributed by atoms with Crippen molar-refractivity contribution in [3.63, 3.8) is 0 Å². The van der Waals surface area contributed by atoms with Crippen LogP contribution in [0.2, 0.25) is 0 Å². The van der Waals surface area contributed by atoms with Gasteiger partial charge in [-0.15, -0.1) is 0 Å². The van der Waals surface area contributed by atoms with E-state index in [0.717, 1.165) is 12.8 Å². The molecule has 0 spiro atoms. The number of hydrogen-bond donors (Lipinski definition) is 1. The van der Waals surface area contributed by atoms with E-state index < -0.39 is 5.97 Å². The van der Waals surface area contributed by atoms with Crippen molar-refractivity contribution in [2.75, 3.05) is 6.54 Å². The van der Waals surface area contributed by atoms with Crippen LogP contribution in [0.4, 0.5) is 0 Å². The number of rotatable bonds is 5. The van der Waals surface area contributed by atoms with Crippen molar-refractivity contribution in [2.45, 2.75) is 39.5 Å². The van der Waals surface area contributed by atoms with Gasteiger partial charge < -0.3 is 5.11 Å². The maximum absolute atomic E-state index is 12.2. The van der Waals surface area contributed by atoms with Crippen molar-refractivity contribution in [2.24, 2.45) is 23.7 Å². The Hall–Kier alpha value is -1.39. The van der Waals surface area contributed by atoms with Crippen LogP contribution in [0.5, 0.6) is 0 Å². The van der Waals surface area contributed by atoms with E-state index >= 15 is 0 Å². The lowest BCUT2D eigenvalue weighted by Crippen LogP contribution is -2.36. The molecule has 1 saturated heterocycles. The molecule has 1 N–H and O–H groups in total. The highest BCUT2D eigenvalue weighted by atomic mass is 16.4. The Morgan fingerprint density at radius 1 is 1.32 bits per heavy atom. The molecule has 0 aromatic carbocycles. The van der Waals surface area contributed by atoms with Crippen molar-refractivity contribution in [1.82, 2.24) is 4.90 Å². The topological polar surface area (TPSA) is 74.7 Å². The van der Waals surface area contributed by atoms with E-state index in [1.54, 1.807) is 0 Å². The van der Waals surface area contributed by atoms with Crippen molar-refractivity contribution >= 4 is 17.8 Å². The van der Waals surface area contributed by atoms with E-state index in [1.165, 1.54) is 4.90 Å². The Morgan fingerprint density at radius 3 is 2.32 bits per heavy atom. The van der Waals surface area contributed by atoms with Crippen LogP contribution in [0.1, 0.15) is 39.5 Å². The number of aliphatic carboxylic acids is 1. The van der Waals surface area contributed by atoms with Crippen molar-refractivity contribution in [3.05, 3.63) is 0 Å². The summed E-state index contributed by atoms with van der Waals surface area (Å²) >= 11 is 0. The lowest BCUT2D eigenvalue weighted by Gasteiger charge is -2.20. The molecular weight excluding hydrogens is 246 g/mol. The first-order valence-corrected chi connectivity index (χ1v) is 6.97. The number of imide groups is 1. The average Bonchev–Trinajstić information content (AvgIpc) is 2.81. The van der Waals surface area contributed by atoms with Crippen LogP contribution in [0.3, 0.4) is 0 Å². The molecule has 2 rings (SSSR count). The number of carbonyl (C=O) groups is 3. The number of carboxylic acid groups (broad SMARTS) is 1. The van der Waals surface area contributed by atoms with E-state index in [2.05, 4.69) is 6.92 Å². The summed E-state index contributed by atoms with van der Waals surface area (Å²) in [6.07, 6.45) is 2.21. The van der Waals surface area contributed by atoms with E-state index in [4.69, 9.17) is 5.11 Å². The van der Waals surface area contributed by atoms with E-state index in [1.807, 2.05) is 6.92 Å². The first-order valence-electron chi connectivity index (χ1n) is 6.97. The first-order chi connectivity index (χ1) is 8.90. The van der Waals surface area contributed by atoms with Gasteiger partial charge in [0.25, 0.3) is 0 Å². The van der Waals surface area contributed by atoms with Gasteiger partial charge in [0.05, 0.1) is 11.8 Å². The summed E-state index contributed by atoms with van der Waals surface area (Å²) in [6.45, 7) is 4.34. The van der Waals surface area contributed by atoms with Crippen LogP contribution in [0, 0.1) is 23.7 Å². The minimum atomic E-state index is -0.836. The summed E-state index contributed by atoms with van der Waals surface area (Å²) < 4.78 is 0. The van der Waals surface area contributed by atoms with Crippen LogP contribution in [0.15, 0.2) is 0 Å². The van der Waals surface area contributed by atoms with Gasteiger partial charge >= 0.3 is 5.97 Å². The number of carbonyl (C=O) groups excluding carboxylic acids is 2. The van der Waals surface area contributed by atoms with Crippen molar-refractivity contribution < 1.29 is 19.5 Å². The molecule has 1 aliphatic heterocycles. The van der Waals surface area contributed by atoms with Crippen LogP contribution >= 0.6 is 0 Å². The predicted molar refractivity (Wildman–Crippen MR) is 68.1 cm³/mol. The molecule has 1 saturated carbocycles. The van der Waals surface area contributed by atoms with Gasteiger partial charge in [-0.1, -0.05) is 13.8 Å². The number of fused-ring (bicyclic) bond motifs is 1. The van der Waals surface area contributed by atoms with E-state index in [0.29, 0.717) is 18.9 Å². The zero-order valence-electron chi connectivity index (χ0n) is 11.5. The first kappa shape index (κ1) is 14.0. The second-order valence-electron chi connectivity index (χ2n) is 6.11. The fourth-order valence-corrected chi connectivity index (χ4v) is 3.30. The smallest absolute Gasteiger partial charge is 0.303 e. The monoisotopic (exact) mass is 267 g/mol. The molecule has 3 atom stereocenters. The summed E-state index contributed by atoms with van der Waals surface area (Å²) in [4.78, 5) is 36.3. The Morgan fingerprint density at radius 2 is 1.84 bits per heavy atom. The molecular formula is C14H21NO4. The molecule has 5 nitrogen and oxygen atoms in total. The van der Waals surface area contributed by atoms with Crippen molar-refractivity contribution in [3.8, 4) is 0 Å². The average molecular weight is 267 g/mol. The fraction of sp³-hybridized carbons (Fsp3) is 0.786. The normalized spacial score (nSPS) is 31.7. The maximum Gasteiger partial charge on any atom is 0.303 e. The standard InChI is InChI=1S/C14H21NO4/c1-8(3-4-12(16)17)7-15-13(18)10-5-9(2)6-11(10)14(15)19/h8-11H,3-7H2,1-2H3,(H,16,17). The van der Waals surface area contributed by atoms with Gasteiger partial charge in [0, 0.05) is 13.0 Å². The zero-order chi connectivity index (χ0) is 14.2. The molecule has 2 aliphatic rings. The zero-order valence-corrected chi connectivity index (χ0v) is 11.5. The van der Waals surface area contributed by atoms with E-state index in [9.17, 15) is 14.4 Å². The third-order valence-corrected chi connectivity index (χ3v) is 4.31. The number of hydrogen-bond acceptors (Lipinski definition) is 3. The maximum atomic E-state index is 12.2. The summed E-state index contributed by atoms with van der Waals surface area (Å²) in [5.74, 6) is -0.655. The quantitative estimate of drug-likeness (QED) is 0.766. The number of nitrogens with zero attached hydrogens (tertiary/aromatic N) is 1. The van der Waals surface area contributed by atoms with Gasteiger partial charge in [-0.3, -0.25) is 19.3 Å². The molecule has 0 aromatic heterocycles. The minimum absolute atomic E-state index is 0.0403. The molecule has 1 heterocycles. The second kappa shape index (κ2) is 5.31. The highest BCUT2D eigenvalue weighted by molar-refractivity contribution is 6.05. The number of likely N-dealkylation sites (tertiary alicyclic amines) is 1. The van der Waals surface area contributed by atoms with Crippen LogP contribution in [-0.4, -0.2) is 34.3 Å². The summed E-state index contributed by atoms with van der Waals surface area (Å²) in [7, 11) is 0. The molecule has 106 valence electrons. The Kier molecular flexibility index (Phi) is 3.92. The van der Waals surface area contributed by atoms with Crippen LogP contribution in [0.25, 0.3) is 0 Å². The Balaban J connectivity index is 1.93. The van der Waals surface area contributed by atoms with Gasteiger partial charge in [0.2, 0.25) is 11.8 Å². The SMILES string of the molecule is CC1CC2C(=O)N(CC(C)CCC(=O)O)C(=O)C2C1. The van der Waals surface area contributed by atoms with Gasteiger partial charge in [-0.05, 0) is 31.1 Å². The van der Waals surface area contributed by atoms with Crippen molar-refractivity contribution in [1.29, 1.82) is 0 Å². The molecule has 2 fully saturated rings. The molecule has 2 amide bonds. The van der Waals surface area contributed by atoms with Gasteiger partial charge in [0.1, 0.15) is 0 Å². The van der Waals surface area contributed by atoms with Gasteiger partial charge in [0.15, 0.2) is 0 Å². The third kappa shape index (κ3) is 2.80. The molecule has 0 aromatic rings. The summed E-state index contributed by atoms with van der Waals surface area (Å²) in [5, 5.41) is 8.64. The predicted octanol–water partition coefficient (Wildman–Crippen LogP) is 1.52. The highest BCUT2D eigenvalue weighted by Crippen LogP contribution is 2.43. The van der Waals surface area contributed by atoms with E-state index in [-0.39, 0.29) is 36.0 Å². The molecule has 0 bridgehead atoms. The lowest BCUT2D eigenvalue weighted by molar-refractivity contribution is -0.141. The minimum Gasteiger partial charge on any atom is -0.481 e. The number of amides is 2. The number of carboxylic acids is 1. The molecule has 5 heteroatoms. The third-order valence-electron chi connectivity index (χ3n) is 4.31. The molecule has 19 heavy (non-hydrogen) atoms. The molecule has 1 aliphatic carbocycles. The van der Waals surface area contributed by atoms with Crippen LogP contribution in [-0.2, 0) is 14.4 Å². The molecule has 3 unspecified atom stereocenters. The lowest BCUT2D eigenvalue weighted by atomic mass is 10.00. The Bertz CT molecular complexity index is 382. The van der Waals surface area contributed by atoms with Gasteiger partial charge in [-0.25, -0.2) is 0 Å². The second-order valence-corrected chi connectivity index (χ2v) is 6.11. The summed E-state index contributed by atoms with van der Waals surface area (Å²) in [5.41, 5.74) is 0. The molecule has 0 radical (unpaired) electrons. The summed E-state index contributed by atoms with van der Waals surface area (Å²) in [6, 6.07) is 0. The fourth-order valence-electron chi connectivity index (χ4n) is 3.30. The van der Waals surface area contributed by atoms with Crippen LogP contribution < -0.4 is 0 Å². The Labute approximate surface area is 113 Å². The highest BCUT2D eigenvalue weighted by Gasteiger charge is 2.51. The van der Waals surface area contributed by atoms with Gasteiger partial charge in [-0.2, -0.15) is 0 Å².